The van der Waals surface area contributed by atoms with E-state index in [1.165, 1.54) is 49.1 Å². The zero-order valence-electron chi connectivity index (χ0n) is 32.1. The number of hydrogen-bond donors (Lipinski definition) is 0. The number of furan rings is 1. The summed E-state index contributed by atoms with van der Waals surface area (Å²) in [6, 6.07) is 78.7. The Morgan fingerprint density at radius 2 is 0.847 bits per heavy atom. The Bertz CT molecular complexity index is 3510. The highest BCUT2D eigenvalue weighted by molar-refractivity contribution is 6.18. The van der Waals surface area contributed by atoms with Crippen molar-refractivity contribution in [2.24, 2.45) is 0 Å². The van der Waals surface area contributed by atoms with Crippen molar-refractivity contribution >= 4 is 82.4 Å². The van der Waals surface area contributed by atoms with Gasteiger partial charge < -0.3 is 13.9 Å². The summed E-state index contributed by atoms with van der Waals surface area (Å²) in [5.41, 5.74) is 12.9. The molecule has 0 aliphatic heterocycles. The maximum Gasteiger partial charge on any atom is 0.143 e. The molecule has 10 aromatic carbocycles. The minimum absolute atomic E-state index is 0.883. The number of anilines is 3. The summed E-state index contributed by atoms with van der Waals surface area (Å²) in [6.07, 6.45) is 0. The Morgan fingerprint density at radius 1 is 0.322 bits per heavy atom. The van der Waals surface area contributed by atoms with Gasteiger partial charge in [-0.3, -0.25) is 0 Å². The lowest BCUT2D eigenvalue weighted by atomic mass is 9.97. The van der Waals surface area contributed by atoms with E-state index in [1.807, 2.05) is 0 Å². The van der Waals surface area contributed by atoms with Gasteiger partial charge in [-0.25, -0.2) is 0 Å². The highest BCUT2D eigenvalue weighted by atomic mass is 16.3. The fourth-order valence-electron chi connectivity index (χ4n) is 9.33. The van der Waals surface area contributed by atoms with Gasteiger partial charge in [0.2, 0.25) is 0 Å². The number of para-hydroxylation sites is 6. The van der Waals surface area contributed by atoms with E-state index >= 15 is 0 Å². The first-order chi connectivity index (χ1) is 29.3. The van der Waals surface area contributed by atoms with Gasteiger partial charge in [0.15, 0.2) is 0 Å². The van der Waals surface area contributed by atoms with Crippen molar-refractivity contribution in [1.82, 2.24) is 4.57 Å². The summed E-state index contributed by atoms with van der Waals surface area (Å²) in [6.45, 7) is 0. The van der Waals surface area contributed by atoms with Crippen molar-refractivity contribution < 1.29 is 4.42 Å². The summed E-state index contributed by atoms with van der Waals surface area (Å²) >= 11 is 0. The second kappa shape index (κ2) is 13.4. The molecular formula is C56H36N2O. The number of fused-ring (bicyclic) bond motifs is 9. The molecule has 0 saturated heterocycles. The highest BCUT2D eigenvalue weighted by Crippen LogP contribution is 2.47. The molecular weight excluding hydrogens is 717 g/mol. The average molecular weight is 753 g/mol. The van der Waals surface area contributed by atoms with E-state index in [2.05, 4.69) is 228 Å². The van der Waals surface area contributed by atoms with E-state index in [4.69, 9.17) is 4.42 Å². The van der Waals surface area contributed by atoms with Crippen molar-refractivity contribution in [3.63, 3.8) is 0 Å². The standard InChI is InChI=1S/C56H36N2O/c1-3-18-41-37(15-1)17-13-23-42(41)39-31-34-40(35-32-39)57(53-29-11-12-30-54(53)58-51-27-9-5-20-44(51)45-21-6-10-28-52(45)58)50-26-8-7-22-46(50)47-24-14-25-48-49-36-33-38-16-2-4-19-43(38)55(49)59-56(47)48/h1-36H. The summed E-state index contributed by atoms with van der Waals surface area (Å²) in [4.78, 5) is 2.43. The zero-order chi connectivity index (χ0) is 38.9. The van der Waals surface area contributed by atoms with Crippen molar-refractivity contribution in [3.8, 4) is 27.9 Å². The van der Waals surface area contributed by atoms with E-state index in [-0.39, 0.29) is 0 Å². The molecule has 0 spiro atoms. The van der Waals surface area contributed by atoms with Gasteiger partial charge in [0.05, 0.1) is 28.1 Å². The Labute approximate surface area is 341 Å². The van der Waals surface area contributed by atoms with Crippen LogP contribution in [-0.4, -0.2) is 4.57 Å². The third kappa shape index (κ3) is 5.22. The molecule has 0 atom stereocenters. The van der Waals surface area contributed by atoms with Crippen LogP contribution in [-0.2, 0) is 0 Å². The largest absolute Gasteiger partial charge is 0.455 e. The van der Waals surface area contributed by atoms with Crippen molar-refractivity contribution in [2.75, 3.05) is 4.90 Å². The fraction of sp³-hybridized carbons (Fsp3) is 0. The van der Waals surface area contributed by atoms with E-state index in [9.17, 15) is 0 Å². The molecule has 2 aromatic heterocycles. The number of benzene rings is 10. The van der Waals surface area contributed by atoms with E-state index < -0.39 is 0 Å². The first-order valence-corrected chi connectivity index (χ1v) is 20.2. The molecule has 276 valence electrons. The minimum atomic E-state index is 0.883. The van der Waals surface area contributed by atoms with Gasteiger partial charge in [-0.2, -0.15) is 0 Å². The molecule has 0 radical (unpaired) electrons. The maximum absolute atomic E-state index is 6.95. The lowest BCUT2D eigenvalue weighted by Crippen LogP contribution is -2.14. The van der Waals surface area contributed by atoms with Crippen molar-refractivity contribution in [3.05, 3.63) is 218 Å². The van der Waals surface area contributed by atoms with Crippen LogP contribution in [0.25, 0.3) is 93.2 Å². The van der Waals surface area contributed by atoms with Gasteiger partial charge in [-0.1, -0.05) is 170 Å². The lowest BCUT2D eigenvalue weighted by Gasteiger charge is -2.30. The van der Waals surface area contributed by atoms with Crippen LogP contribution >= 0.6 is 0 Å². The normalized spacial score (nSPS) is 11.7. The van der Waals surface area contributed by atoms with E-state index in [0.717, 1.165) is 61.2 Å². The van der Waals surface area contributed by atoms with Gasteiger partial charge in [-0.05, 0) is 75.8 Å². The van der Waals surface area contributed by atoms with Crippen LogP contribution < -0.4 is 4.90 Å². The van der Waals surface area contributed by atoms with Gasteiger partial charge >= 0.3 is 0 Å². The molecule has 0 saturated carbocycles. The Morgan fingerprint density at radius 3 is 1.63 bits per heavy atom. The minimum Gasteiger partial charge on any atom is -0.455 e. The van der Waals surface area contributed by atoms with Crippen LogP contribution in [0.15, 0.2) is 223 Å². The second-order valence-corrected chi connectivity index (χ2v) is 15.2. The van der Waals surface area contributed by atoms with Crippen LogP contribution in [0, 0.1) is 0 Å². The van der Waals surface area contributed by atoms with Crippen LogP contribution in [0.4, 0.5) is 17.1 Å². The smallest absolute Gasteiger partial charge is 0.143 e. The molecule has 59 heavy (non-hydrogen) atoms. The molecule has 0 amide bonds. The monoisotopic (exact) mass is 752 g/mol. The summed E-state index contributed by atoms with van der Waals surface area (Å²) in [5.74, 6) is 0. The SMILES string of the molecule is c1ccc(N(c2ccc(-c3cccc4ccccc34)cc2)c2ccccc2-n2c3ccccc3c3ccccc32)c(-c2cccc3c2oc2c4ccccc4ccc32)c1. The first kappa shape index (κ1) is 33.3. The number of nitrogens with zero attached hydrogens (tertiary/aromatic N) is 2. The predicted molar refractivity (Wildman–Crippen MR) is 249 cm³/mol. The third-order valence-electron chi connectivity index (χ3n) is 12.0. The second-order valence-electron chi connectivity index (χ2n) is 15.2. The van der Waals surface area contributed by atoms with E-state index in [1.54, 1.807) is 0 Å². The Balaban J connectivity index is 1.12. The molecule has 12 aromatic rings. The third-order valence-corrected chi connectivity index (χ3v) is 12.0. The molecule has 0 unspecified atom stereocenters. The fourth-order valence-corrected chi connectivity index (χ4v) is 9.33. The Hall–Kier alpha value is -7.88. The molecule has 2 heterocycles. The van der Waals surface area contributed by atoms with Crippen molar-refractivity contribution in [2.45, 2.75) is 0 Å². The topological polar surface area (TPSA) is 21.3 Å². The average Bonchev–Trinajstić information content (AvgIpc) is 3.86. The van der Waals surface area contributed by atoms with Gasteiger partial charge in [0.1, 0.15) is 11.2 Å². The highest BCUT2D eigenvalue weighted by Gasteiger charge is 2.24. The number of hydrogen-bond acceptors (Lipinski definition) is 2. The molecule has 12 rings (SSSR count). The van der Waals surface area contributed by atoms with Crippen molar-refractivity contribution in [1.29, 1.82) is 0 Å². The van der Waals surface area contributed by atoms with Gasteiger partial charge in [-0.15, -0.1) is 0 Å². The van der Waals surface area contributed by atoms with Crippen LogP contribution in [0.1, 0.15) is 0 Å². The number of aromatic nitrogens is 1. The van der Waals surface area contributed by atoms with Crippen LogP contribution in [0.5, 0.6) is 0 Å². The van der Waals surface area contributed by atoms with Crippen LogP contribution in [0.2, 0.25) is 0 Å². The summed E-state index contributed by atoms with van der Waals surface area (Å²) in [5, 5.41) is 9.45. The molecule has 3 nitrogen and oxygen atoms in total. The van der Waals surface area contributed by atoms with Gasteiger partial charge in [0.25, 0.3) is 0 Å². The molecule has 0 aliphatic carbocycles. The van der Waals surface area contributed by atoms with Gasteiger partial charge in [0, 0.05) is 43.7 Å². The number of rotatable bonds is 6. The summed E-state index contributed by atoms with van der Waals surface area (Å²) < 4.78 is 9.38. The zero-order valence-corrected chi connectivity index (χ0v) is 32.1. The van der Waals surface area contributed by atoms with Crippen LogP contribution in [0.3, 0.4) is 0 Å². The predicted octanol–water partition coefficient (Wildman–Crippen LogP) is 15.8. The molecule has 0 fully saturated rings. The molecule has 3 heteroatoms. The van der Waals surface area contributed by atoms with E-state index in [0.29, 0.717) is 0 Å². The molecule has 0 N–H and O–H groups in total. The molecule has 0 bridgehead atoms. The summed E-state index contributed by atoms with van der Waals surface area (Å²) in [7, 11) is 0. The first-order valence-electron chi connectivity index (χ1n) is 20.2. The Kier molecular flexibility index (Phi) is 7.54. The lowest BCUT2D eigenvalue weighted by molar-refractivity contribution is 0.674. The quantitative estimate of drug-likeness (QED) is 0.169. The maximum atomic E-state index is 6.95. The molecule has 0 aliphatic rings.